The maximum absolute atomic E-state index is 12.9. The Kier molecular flexibility index (Phi) is 6.44. The molecule has 158 valence electrons. The number of aliphatic hydroxyl groups is 1. The number of amides is 1. The number of methoxy groups -OCH3 is 1. The number of benzene rings is 1. The van der Waals surface area contributed by atoms with Crippen molar-refractivity contribution in [1.82, 2.24) is 19.8 Å². The van der Waals surface area contributed by atoms with Crippen molar-refractivity contribution in [3.63, 3.8) is 0 Å². The van der Waals surface area contributed by atoms with Gasteiger partial charge in [0.1, 0.15) is 19.0 Å². The minimum atomic E-state index is -0.566. The highest BCUT2D eigenvalue weighted by Crippen LogP contribution is 2.25. The van der Waals surface area contributed by atoms with Gasteiger partial charge in [-0.3, -0.25) is 9.69 Å². The van der Waals surface area contributed by atoms with Gasteiger partial charge in [-0.15, -0.1) is 0 Å². The van der Waals surface area contributed by atoms with Crippen LogP contribution in [-0.2, 0) is 27.4 Å². The van der Waals surface area contributed by atoms with Crippen LogP contribution in [0, 0.1) is 0 Å². The van der Waals surface area contributed by atoms with Crippen LogP contribution < -0.4 is 5.32 Å². The molecule has 1 amide bonds. The summed E-state index contributed by atoms with van der Waals surface area (Å²) >= 11 is 0. The fourth-order valence-electron chi connectivity index (χ4n) is 4.56. The lowest BCUT2D eigenvalue weighted by atomic mass is 9.86. The summed E-state index contributed by atoms with van der Waals surface area (Å²) in [7, 11) is 1.62. The smallest absolute Gasteiger partial charge is 0.240 e. The second-order valence-electron chi connectivity index (χ2n) is 7.85. The zero-order valence-corrected chi connectivity index (χ0v) is 16.9. The van der Waals surface area contributed by atoms with Crippen LogP contribution >= 0.6 is 0 Å². The lowest BCUT2D eigenvalue weighted by molar-refractivity contribution is -0.124. The Morgan fingerprint density at radius 3 is 2.90 bits per heavy atom. The van der Waals surface area contributed by atoms with E-state index in [1.807, 2.05) is 28.8 Å². The Balaban J connectivity index is 1.44. The van der Waals surface area contributed by atoms with Gasteiger partial charge in [-0.2, -0.15) is 0 Å². The van der Waals surface area contributed by atoms with Gasteiger partial charge in [0.05, 0.1) is 36.4 Å². The van der Waals surface area contributed by atoms with Crippen LogP contribution in [-0.4, -0.2) is 77.1 Å². The van der Waals surface area contributed by atoms with E-state index in [1.54, 1.807) is 7.11 Å². The molecule has 0 unspecified atom stereocenters. The largest absolute Gasteiger partial charge is 0.389 e. The van der Waals surface area contributed by atoms with Crippen molar-refractivity contribution in [3.05, 3.63) is 30.1 Å². The Morgan fingerprint density at radius 1 is 1.31 bits per heavy atom. The summed E-state index contributed by atoms with van der Waals surface area (Å²) in [4.78, 5) is 19.7. The number of para-hydroxylation sites is 2. The zero-order chi connectivity index (χ0) is 20.2. The number of rotatable bonds is 6. The predicted molar refractivity (Wildman–Crippen MR) is 108 cm³/mol. The van der Waals surface area contributed by atoms with Crippen molar-refractivity contribution in [3.8, 4) is 0 Å². The molecule has 8 nitrogen and oxygen atoms in total. The molecule has 0 spiro atoms. The molecule has 1 saturated carbocycles. The molecule has 3 atom stereocenters. The minimum Gasteiger partial charge on any atom is -0.389 e. The van der Waals surface area contributed by atoms with E-state index in [0.29, 0.717) is 19.8 Å². The molecule has 1 aliphatic heterocycles. The van der Waals surface area contributed by atoms with Crippen LogP contribution in [0.5, 0.6) is 0 Å². The topological polar surface area (TPSA) is 88.9 Å². The molecule has 1 aliphatic carbocycles. The first-order valence-corrected chi connectivity index (χ1v) is 10.4. The van der Waals surface area contributed by atoms with Crippen molar-refractivity contribution < 1.29 is 19.4 Å². The number of hydrogen-bond acceptors (Lipinski definition) is 6. The standard InChI is InChI=1S/C21H30N4O4/c1-28-14-19-22-15-5-2-3-7-17(15)25(19)13-20(26)23-16-6-4-8-18(21(16)27)24-9-11-29-12-10-24/h2-3,5,7,16,18,21,27H,4,6,8-14H2,1H3,(H,23,26)/t16-,18-,21-/m1/s1. The molecule has 2 aromatic rings. The highest BCUT2D eigenvalue weighted by molar-refractivity contribution is 5.81. The van der Waals surface area contributed by atoms with E-state index in [4.69, 9.17) is 9.47 Å². The van der Waals surface area contributed by atoms with Gasteiger partial charge in [0, 0.05) is 26.2 Å². The molecule has 1 aromatic heterocycles. The first kappa shape index (κ1) is 20.3. The molecular formula is C21H30N4O4. The Morgan fingerprint density at radius 2 is 2.10 bits per heavy atom. The van der Waals surface area contributed by atoms with Crippen molar-refractivity contribution in [2.24, 2.45) is 0 Å². The van der Waals surface area contributed by atoms with Gasteiger partial charge in [0.2, 0.25) is 5.91 Å². The summed E-state index contributed by atoms with van der Waals surface area (Å²) < 4.78 is 12.6. The van der Waals surface area contributed by atoms with Gasteiger partial charge in [0.15, 0.2) is 0 Å². The number of hydrogen-bond donors (Lipinski definition) is 2. The third-order valence-corrected chi connectivity index (χ3v) is 5.99. The maximum Gasteiger partial charge on any atom is 0.240 e. The third-order valence-electron chi connectivity index (χ3n) is 5.99. The van der Waals surface area contributed by atoms with E-state index in [0.717, 1.165) is 49.2 Å². The second kappa shape index (κ2) is 9.21. The van der Waals surface area contributed by atoms with Crippen LogP contribution in [0.1, 0.15) is 25.1 Å². The predicted octanol–water partition coefficient (Wildman–Crippen LogP) is 0.913. The number of imidazole rings is 1. The van der Waals surface area contributed by atoms with Gasteiger partial charge in [-0.25, -0.2) is 4.98 Å². The number of nitrogens with one attached hydrogen (secondary N) is 1. The molecule has 1 aromatic carbocycles. The number of nitrogens with zero attached hydrogens (tertiary/aromatic N) is 3. The Labute approximate surface area is 170 Å². The number of morpholine rings is 1. The third kappa shape index (κ3) is 4.45. The van der Waals surface area contributed by atoms with Gasteiger partial charge >= 0.3 is 0 Å². The van der Waals surface area contributed by atoms with E-state index in [-0.39, 0.29) is 24.5 Å². The average Bonchev–Trinajstić information content (AvgIpc) is 3.08. The molecule has 1 saturated heterocycles. The number of carbonyl (C=O) groups is 1. The summed E-state index contributed by atoms with van der Waals surface area (Å²) in [5.74, 6) is 0.608. The SMILES string of the molecule is COCc1nc2ccccc2n1CC(=O)N[C@@H]1CCC[C@@H](N2CCOCC2)[C@@H]1O. The first-order valence-electron chi connectivity index (χ1n) is 10.4. The molecule has 8 heteroatoms. The van der Waals surface area contributed by atoms with Crippen LogP contribution in [0.15, 0.2) is 24.3 Å². The van der Waals surface area contributed by atoms with E-state index >= 15 is 0 Å². The normalized spacial score (nSPS) is 25.9. The number of ether oxygens (including phenoxy) is 2. The van der Waals surface area contributed by atoms with Crippen LogP contribution in [0.3, 0.4) is 0 Å². The Hall–Kier alpha value is -2.00. The highest BCUT2D eigenvalue weighted by atomic mass is 16.5. The van der Waals surface area contributed by atoms with Gasteiger partial charge in [-0.05, 0) is 31.4 Å². The molecule has 29 heavy (non-hydrogen) atoms. The van der Waals surface area contributed by atoms with Crippen LogP contribution in [0.4, 0.5) is 0 Å². The molecule has 0 bridgehead atoms. The molecule has 2 aliphatic rings. The lowest BCUT2D eigenvalue weighted by Gasteiger charge is -2.43. The van der Waals surface area contributed by atoms with Gasteiger partial charge < -0.3 is 24.5 Å². The highest BCUT2D eigenvalue weighted by Gasteiger charge is 2.36. The van der Waals surface area contributed by atoms with Crippen LogP contribution in [0.2, 0.25) is 0 Å². The minimum absolute atomic E-state index is 0.0797. The molecule has 4 rings (SSSR count). The van der Waals surface area contributed by atoms with Crippen LogP contribution in [0.25, 0.3) is 11.0 Å². The van der Waals surface area contributed by atoms with Crippen molar-refractivity contribution in [2.45, 2.75) is 50.6 Å². The maximum atomic E-state index is 12.9. The quantitative estimate of drug-likeness (QED) is 0.747. The number of carbonyl (C=O) groups excluding carboxylic acids is 1. The lowest BCUT2D eigenvalue weighted by Crippen LogP contribution is -2.58. The molecule has 2 fully saturated rings. The number of aliphatic hydroxyl groups excluding tert-OH is 1. The fourth-order valence-corrected chi connectivity index (χ4v) is 4.56. The molecule has 2 N–H and O–H groups in total. The average molecular weight is 402 g/mol. The molecule has 2 heterocycles. The van der Waals surface area contributed by atoms with Crippen molar-refractivity contribution >= 4 is 16.9 Å². The van der Waals surface area contributed by atoms with E-state index in [1.165, 1.54) is 0 Å². The van der Waals surface area contributed by atoms with Gasteiger partial charge in [0.25, 0.3) is 0 Å². The monoisotopic (exact) mass is 402 g/mol. The van der Waals surface area contributed by atoms with E-state index in [9.17, 15) is 9.90 Å². The summed E-state index contributed by atoms with van der Waals surface area (Å²) in [5, 5.41) is 14.0. The van der Waals surface area contributed by atoms with E-state index < -0.39 is 6.10 Å². The van der Waals surface area contributed by atoms with Crippen molar-refractivity contribution in [2.75, 3.05) is 33.4 Å². The van der Waals surface area contributed by atoms with Gasteiger partial charge in [-0.1, -0.05) is 12.1 Å². The zero-order valence-electron chi connectivity index (χ0n) is 16.9. The summed E-state index contributed by atoms with van der Waals surface area (Å²) in [6, 6.07) is 7.60. The summed E-state index contributed by atoms with van der Waals surface area (Å²) in [5.41, 5.74) is 1.75. The number of aromatic nitrogens is 2. The van der Waals surface area contributed by atoms with E-state index in [2.05, 4.69) is 15.2 Å². The molecular weight excluding hydrogens is 372 g/mol. The second-order valence-corrected chi connectivity index (χ2v) is 7.85. The number of fused-ring (bicyclic) bond motifs is 1. The fraction of sp³-hybridized carbons (Fsp3) is 0.619. The summed E-state index contributed by atoms with van der Waals surface area (Å²) in [6.45, 7) is 3.58. The first-order chi connectivity index (χ1) is 14.2. The van der Waals surface area contributed by atoms with Crippen molar-refractivity contribution in [1.29, 1.82) is 0 Å². The molecule has 0 radical (unpaired) electrons. The Bertz CT molecular complexity index is 833. The summed E-state index contributed by atoms with van der Waals surface area (Å²) in [6.07, 6.45) is 2.18.